The molecule has 1 aliphatic carbocycles. The summed E-state index contributed by atoms with van der Waals surface area (Å²) in [6.45, 7) is 2.42. The Hall–Kier alpha value is -4.36. The Balaban J connectivity index is 1.63. The molecular formula is C37H31N. The van der Waals surface area contributed by atoms with Gasteiger partial charge in [0.15, 0.2) is 0 Å². The number of para-hydroxylation sites is 1. The molecule has 1 N–H and O–H groups in total. The summed E-state index contributed by atoms with van der Waals surface area (Å²) in [4.78, 5) is 0. The molecule has 1 aliphatic heterocycles. The molecule has 0 spiro atoms. The van der Waals surface area contributed by atoms with Crippen LogP contribution in [0, 0.1) is 0 Å². The highest BCUT2D eigenvalue weighted by atomic mass is 15.0. The van der Waals surface area contributed by atoms with Gasteiger partial charge in [-0.3, -0.25) is 0 Å². The summed E-state index contributed by atoms with van der Waals surface area (Å²) in [6.07, 6.45) is 1.06. The zero-order valence-electron chi connectivity index (χ0n) is 21.6. The summed E-state index contributed by atoms with van der Waals surface area (Å²) in [5, 5.41) is 4.01. The zero-order chi connectivity index (χ0) is 25.6. The van der Waals surface area contributed by atoms with Gasteiger partial charge < -0.3 is 5.32 Å². The fourth-order valence-corrected chi connectivity index (χ4v) is 6.77. The molecular weight excluding hydrogens is 458 g/mol. The van der Waals surface area contributed by atoms with Crippen molar-refractivity contribution < 1.29 is 0 Å². The van der Waals surface area contributed by atoms with Crippen LogP contribution in [0.4, 0.5) is 5.69 Å². The molecule has 1 saturated carbocycles. The summed E-state index contributed by atoms with van der Waals surface area (Å²) in [7, 11) is 0. The standard InChI is InChI=1S/C37H31N/c1-36(28-18-8-3-9-19-28)26-32(36)34-35(27-16-6-2-7-17-27)38-33-25-15-14-24-31(33)37(34,29-20-10-4-11-21-29)30-22-12-5-13-23-30/h2-25,35,38H,26H2,1H3. The van der Waals surface area contributed by atoms with Gasteiger partial charge in [-0.1, -0.05) is 152 Å². The lowest BCUT2D eigenvalue weighted by Crippen LogP contribution is -2.41. The van der Waals surface area contributed by atoms with Gasteiger partial charge in [0.1, 0.15) is 0 Å². The first-order valence-corrected chi connectivity index (χ1v) is 13.5. The van der Waals surface area contributed by atoms with Crippen LogP contribution in [0.1, 0.15) is 47.2 Å². The molecule has 184 valence electrons. The molecule has 0 radical (unpaired) electrons. The van der Waals surface area contributed by atoms with Crippen LogP contribution in [0.15, 0.2) is 157 Å². The van der Waals surface area contributed by atoms with Crippen LogP contribution in [0.25, 0.3) is 0 Å². The van der Waals surface area contributed by atoms with Crippen LogP contribution in [-0.2, 0) is 10.8 Å². The Morgan fingerprint density at radius 2 is 1.03 bits per heavy atom. The van der Waals surface area contributed by atoms with E-state index >= 15 is 0 Å². The minimum Gasteiger partial charge on any atom is -0.374 e. The van der Waals surface area contributed by atoms with E-state index in [9.17, 15) is 0 Å². The van der Waals surface area contributed by atoms with Gasteiger partial charge in [0.05, 0.1) is 11.5 Å². The molecule has 1 heteroatoms. The molecule has 0 bridgehead atoms. The Morgan fingerprint density at radius 1 is 0.553 bits per heavy atom. The van der Waals surface area contributed by atoms with Crippen molar-refractivity contribution in [2.45, 2.75) is 30.2 Å². The monoisotopic (exact) mass is 489 g/mol. The molecule has 1 fully saturated rings. The van der Waals surface area contributed by atoms with Gasteiger partial charge in [0, 0.05) is 11.1 Å². The lowest BCUT2D eigenvalue weighted by atomic mass is 9.59. The van der Waals surface area contributed by atoms with Crippen molar-refractivity contribution in [1.29, 1.82) is 0 Å². The van der Waals surface area contributed by atoms with E-state index in [4.69, 9.17) is 0 Å². The lowest BCUT2D eigenvalue weighted by molar-refractivity contribution is 0.627. The van der Waals surface area contributed by atoms with Crippen molar-refractivity contribution in [2.75, 3.05) is 5.32 Å². The highest BCUT2D eigenvalue weighted by Gasteiger charge is 2.56. The van der Waals surface area contributed by atoms with Crippen molar-refractivity contribution in [3.8, 4) is 0 Å². The van der Waals surface area contributed by atoms with Gasteiger partial charge in [-0.2, -0.15) is 0 Å². The van der Waals surface area contributed by atoms with Crippen LogP contribution in [0.2, 0.25) is 0 Å². The number of fused-ring (bicyclic) bond motifs is 1. The predicted molar refractivity (Wildman–Crippen MR) is 157 cm³/mol. The van der Waals surface area contributed by atoms with E-state index in [1.165, 1.54) is 44.7 Å². The van der Waals surface area contributed by atoms with Crippen molar-refractivity contribution in [2.24, 2.45) is 0 Å². The molecule has 1 heterocycles. The largest absolute Gasteiger partial charge is 0.374 e. The lowest BCUT2D eigenvalue weighted by Gasteiger charge is -2.47. The van der Waals surface area contributed by atoms with Crippen molar-refractivity contribution in [3.05, 3.63) is 185 Å². The van der Waals surface area contributed by atoms with E-state index in [2.05, 4.69) is 158 Å². The quantitative estimate of drug-likeness (QED) is 0.249. The van der Waals surface area contributed by atoms with E-state index in [0.29, 0.717) is 0 Å². The van der Waals surface area contributed by atoms with Gasteiger partial charge in [0.2, 0.25) is 0 Å². The first-order chi connectivity index (χ1) is 18.7. The van der Waals surface area contributed by atoms with Crippen LogP contribution in [-0.4, -0.2) is 0 Å². The van der Waals surface area contributed by atoms with E-state index in [-0.39, 0.29) is 11.5 Å². The third kappa shape index (κ3) is 3.39. The predicted octanol–water partition coefficient (Wildman–Crippen LogP) is 8.85. The molecule has 2 atom stereocenters. The SMILES string of the molecule is CC1(c2ccccc2)CC1=C1C(c2ccccc2)Nc2ccccc2C1(c1ccccc1)c1ccccc1. The maximum Gasteiger partial charge on any atom is 0.0745 e. The number of rotatable bonds is 4. The smallest absolute Gasteiger partial charge is 0.0745 e. The van der Waals surface area contributed by atoms with E-state index < -0.39 is 5.41 Å². The minimum atomic E-state index is -0.424. The zero-order valence-corrected chi connectivity index (χ0v) is 21.6. The van der Waals surface area contributed by atoms with Gasteiger partial charge in [-0.15, -0.1) is 0 Å². The Labute approximate surface area is 225 Å². The maximum absolute atomic E-state index is 4.01. The van der Waals surface area contributed by atoms with E-state index in [0.717, 1.165) is 6.42 Å². The Morgan fingerprint density at radius 3 is 1.61 bits per heavy atom. The number of nitrogens with one attached hydrogen (secondary N) is 1. The Kier molecular flexibility index (Phi) is 5.33. The molecule has 5 aromatic carbocycles. The number of hydrogen-bond donors (Lipinski definition) is 1. The fourth-order valence-electron chi connectivity index (χ4n) is 6.77. The summed E-state index contributed by atoms with van der Waals surface area (Å²) in [5.74, 6) is 0. The summed E-state index contributed by atoms with van der Waals surface area (Å²) >= 11 is 0. The third-order valence-corrected chi connectivity index (χ3v) is 8.68. The van der Waals surface area contributed by atoms with Crippen LogP contribution in [0.5, 0.6) is 0 Å². The molecule has 5 aromatic rings. The molecule has 2 unspecified atom stereocenters. The maximum atomic E-state index is 4.01. The van der Waals surface area contributed by atoms with Crippen LogP contribution in [0.3, 0.4) is 0 Å². The second kappa shape index (κ2) is 8.89. The number of benzene rings is 5. The normalized spacial score (nSPS) is 23.2. The van der Waals surface area contributed by atoms with Crippen LogP contribution < -0.4 is 5.32 Å². The molecule has 0 amide bonds. The molecule has 2 aliphatic rings. The highest BCUT2D eigenvalue weighted by molar-refractivity contribution is 5.76. The minimum absolute atomic E-state index is 0.00635. The first-order valence-electron chi connectivity index (χ1n) is 13.5. The van der Waals surface area contributed by atoms with Gasteiger partial charge in [-0.25, -0.2) is 0 Å². The molecule has 7 rings (SSSR count). The first kappa shape index (κ1) is 22.8. The van der Waals surface area contributed by atoms with Gasteiger partial charge in [-0.05, 0) is 45.9 Å². The average molecular weight is 490 g/mol. The number of hydrogen-bond acceptors (Lipinski definition) is 1. The fraction of sp³-hybridized carbons (Fsp3) is 0.135. The van der Waals surface area contributed by atoms with Crippen molar-refractivity contribution >= 4 is 5.69 Å². The van der Waals surface area contributed by atoms with Crippen molar-refractivity contribution in [1.82, 2.24) is 0 Å². The summed E-state index contributed by atoms with van der Waals surface area (Å²) in [6, 6.07) is 53.3. The van der Waals surface area contributed by atoms with E-state index in [1.807, 2.05) is 0 Å². The number of allylic oxidation sites excluding steroid dienone is 1. The highest BCUT2D eigenvalue weighted by Crippen LogP contribution is 2.64. The second-order valence-electron chi connectivity index (χ2n) is 10.8. The number of anilines is 1. The topological polar surface area (TPSA) is 12.0 Å². The Bertz CT molecular complexity index is 1560. The van der Waals surface area contributed by atoms with Gasteiger partial charge in [0.25, 0.3) is 0 Å². The molecule has 0 saturated heterocycles. The second-order valence-corrected chi connectivity index (χ2v) is 10.8. The molecule has 1 nitrogen and oxygen atoms in total. The molecule has 0 aromatic heterocycles. The summed E-state index contributed by atoms with van der Waals surface area (Å²) in [5.41, 5.74) is 10.4. The molecule has 38 heavy (non-hydrogen) atoms. The third-order valence-electron chi connectivity index (χ3n) is 8.68. The van der Waals surface area contributed by atoms with Gasteiger partial charge >= 0.3 is 0 Å². The average Bonchev–Trinajstić information content (AvgIpc) is 3.69. The summed E-state index contributed by atoms with van der Waals surface area (Å²) < 4.78 is 0. The van der Waals surface area contributed by atoms with Crippen LogP contribution >= 0.6 is 0 Å². The van der Waals surface area contributed by atoms with Crippen molar-refractivity contribution in [3.63, 3.8) is 0 Å². The van der Waals surface area contributed by atoms with E-state index in [1.54, 1.807) is 0 Å².